The standard InChI is InChI=1S/C16H15BrFNO2/c1-10-7-13(18)9-14(8-10)19-15(16(20)21-2)11-3-5-12(17)6-4-11/h3-9,15,19H,1-2H3. The van der Waals surface area contributed by atoms with E-state index < -0.39 is 12.0 Å². The van der Waals surface area contributed by atoms with Crippen LogP contribution in [0.4, 0.5) is 10.1 Å². The average molecular weight is 352 g/mol. The molecule has 2 rings (SSSR count). The zero-order valence-electron chi connectivity index (χ0n) is 11.7. The first-order valence-corrected chi connectivity index (χ1v) is 7.16. The zero-order valence-corrected chi connectivity index (χ0v) is 13.3. The average Bonchev–Trinajstić information content (AvgIpc) is 2.44. The van der Waals surface area contributed by atoms with Crippen molar-refractivity contribution in [1.29, 1.82) is 0 Å². The van der Waals surface area contributed by atoms with E-state index in [4.69, 9.17) is 4.74 Å². The second-order valence-corrected chi connectivity index (χ2v) is 5.58. The molecule has 0 heterocycles. The molecule has 110 valence electrons. The van der Waals surface area contributed by atoms with Crippen molar-refractivity contribution in [2.24, 2.45) is 0 Å². The van der Waals surface area contributed by atoms with Crippen molar-refractivity contribution in [1.82, 2.24) is 0 Å². The molecule has 0 aliphatic heterocycles. The number of hydrogen-bond acceptors (Lipinski definition) is 3. The highest BCUT2D eigenvalue weighted by Gasteiger charge is 2.21. The number of carbonyl (C=O) groups excluding carboxylic acids is 1. The van der Waals surface area contributed by atoms with Crippen molar-refractivity contribution in [3.63, 3.8) is 0 Å². The van der Waals surface area contributed by atoms with Gasteiger partial charge in [-0.15, -0.1) is 0 Å². The Balaban J connectivity index is 2.32. The molecule has 0 saturated heterocycles. The van der Waals surface area contributed by atoms with Gasteiger partial charge in [0.1, 0.15) is 5.82 Å². The smallest absolute Gasteiger partial charge is 0.332 e. The van der Waals surface area contributed by atoms with E-state index in [2.05, 4.69) is 21.2 Å². The molecular formula is C16H15BrFNO2. The van der Waals surface area contributed by atoms with Gasteiger partial charge in [0.15, 0.2) is 6.04 Å². The van der Waals surface area contributed by atoms with Gasteiger partial charge in [-0.25, -0.2) is 9.18 Å². The van der Waals surface area contributed by atoms with E-state index in [9.17, 15) is 9.18 Å². The Hall–Kier alpha value is -1.88. The van der Waals surface area contributed by atoms with Crippen LogP contribution in [0, 0.1) is 12.7 Å². The molecule has 0 spiro atoms. The van der Waals surface area contributed by atoms with E-state index >= 15 is 0 Å². The Kier molecular flexibility index (Phi) is 4.96. The molecular weight excluding hydrogens is 337 g/mol. The Morgan fingerprint density at radius 3 is 2.48 bits per heavy atom. The number of carbonyl (C=O) groups is 1. The second-order valence-electron chi connectivity index (χ2n) is 4.67. The van der Waals surface area contributed by atoms with Gasteiger partial charge in [-0.05, 0) is 48.4 Å². The van der Waals surface area contributed by atoms with Gasteiger partial charge >= 0.3 is 5.97 Å². The van der Waals surface area contributed by atoms with E-state index in [-0.39, 0.29) is 5.82 Å². The minimum atomic E-state index is -0.690. The maximum atomic E-state index is 13.5. The lowest BCUT2D eigenvalue weighted by Gasteiger charge is -2.18. The summed E-state index contributed by atoms with van der Waals surface area (Å²) in [7, 11) is 1.33. The van der Waals surface area contributed by atoms with Crippen LogP contribution in [0.2, 0.25) is 0 Å². The predicted octanol–water partition coefficient (Wildman–Crippen LogP) is 4.22. The largest absolute Gasteiger partial charge is 0.467 e. The van der Waals surface area contributed by atoms with Crippen molar-refractivity contribution < 1.29 is 13.9 Å². The fraction of sp³-hybridized carbons (Fsp3) is 0.188. The summed E-state index contributed by atoms with van der Waals surface area (Å²) in [6.07, 6.45) is 0. The quantitative estimate of drug-likeness (QED) is 0.838. The summed E-state index contributed by atoms with van der Waals surface area (Å²) >= 11 is 3.35. The summed E-state index contributed by atoms with van der Waals surface area (Å²) in [6.45, 7) is 1.79. The van der Waals surface area contributed by atoms with Crippen LogP contribution in [0.15, 0.2) is 46.9 Å². The third kappa shape index (κ3) is 4.04. The van der Waals surface area contributed by atoms with Crippen molar-refractivity contribution in [3.05, 3.63) is 63.9 Å². The Morgan fingerprint density at radius 2 is 1.90 bits per heavy atom. The summed E-state index contributed by atoms with van der Waals surface area (Å²) in [5, 5.41) is 3.02. The summed E-state index contributed by atoms with van der Waals surface area (Å²) < 4.78 is 19.2. The SMILES string of the molecule is COC(=O)C(Nc1cc(C)cc(F)c1)c1ccc(Br)cc1. The lowest BCUT2D eigenvalue weighted by Crippen LogP contribution is -2.22. The summed E-state index contributed by atoms with van der Waals surface area (Å²) in [5.41, 5.74) is 2.05. The monoisotopic (exact) mass is 351 g/mol. The van der Waals surface area contributed by atoms with Crippen LogP contribution in [0.25, 0.3) is 0 Å². The van der Waals surface area contributed by atoms with Gasteiger partial charge in [-0.1, -0.05) is 28.1 Å². The van der Waals surface area contributed by atoms with E-state index in [1.54, 1.807) is 13.0 Å². The van der Waals surface area contributed by atoms with Crippen LogP contribution < -0.4 is 5.32 Å². The van der Waals surface area contributed by atoms with Gasteiger partial charge < -0.3 is 10.1 Å². The van der Waals surface area contributed by atoms with E-state index in [0.717, 1.165) is 15.6 Å². The third-order valence-corrected chi connectivity index (χ3v) is 3.52. The fourth-order valence-corrected chi connectivity index (χ4v) is 2.30. The third-order valence-electron chi connectivity index (χ3n) is 2.99. The summed E-state index contributed by atoms with van der Waals surface area (Å²) in [6, 6.07) is 11.2. The van der Waals surface area contributed by atoms with Crippen molar-refractivity contribution in [3.8, 4) is 0 Å². The van der Waals surface area contributed by atoms with Gasteiger partial charge in [0, 0.05) is 10.2 Å². The van der Waals surface area contributed by atoms with E-state index in [0.29, 0.717) is 5.69 Å². The molecule has 0 fully saturated rings. The number of hydrogen-bond donors (Lipinski definition) is 1. The fourth-order valence-electron chi connectivity index (χ4n) is 2.04. The first-order valence-electron chi connectivity index (χ1n) is 6.36. The molecule has 1 N–H and O–H groups in total. The van der Waals surface area contributed by atoms with Gasteiger partial charge in [-0.2, -0.15) is 0 Å². The molecule has 21 heavy (non-hydrogen) atoms. The number of methoxy groups -OCH3 is 1. The Morgan fingerprint density at radius 1 is 1.24 bits per heavy atom. The maximum Gasteiger partial charge on any atom is 0.332 e. The van der Waals surface area contributed by atoms with Crippen LogP contribution in [0.3, 0.4) is 0 Å². The number of esters is 1. The molecule has 0 aromatic heterocycles. The number of nitrogens with one attached hydrogen (secondary N) is 1. The molecule has 0 aliphatic rings. The molecule has 1 atom stereocenters. The molecule has 2 aromatic carbocycles. The van der Waals surface area contributed by atoms with Gasteiger partial charge in [0.2, 0.25) is 0 Å². The predicted molar refractivity (Wildman–Crippen MR) is 83.7 cm³/mol. The topological polar surface area (TPSA) is 38.3 Å². The van der Waals surface area contributed by atoms with E-state index in [1.165, 1.54) is 19.2 Å². The minimum Gasteiger partial charge on any atom is -0.467 e. The summed E-state index contributed by atoms with van der Waals surface area (Å²) in [4.78, 5) is 12.0. The first-order chi connectivity index (χ1) is 9.99. The Bertz CT molecular complexity index is 623. The van der Waals surface area contributed by atoms with Gasteiger partial charge in [0.25, 0.3) is 0 Å². The van der Waals surface area contributed by atoms with Crippen LogP contribution >= 0.6 is 15.9 Å². The molecule has 0 aliphatic carbocycles. The van der Waals surface area contributed by atoms with Gasteiger partial charge in [-0.3, -0.25) is 0 Å². The number of anilines is 1. The van der Waals surface area contributed by atoms with Crippen molar-refractivity contribution in [2.45, 2.75) is 13.0 Å². The van der Waals surface area contributed by atoms with E-state index in [1.807, 2.05) is 24.3 Å². The number of ether oxygens (including phenoxy) is 1. The van der Waals surface area contributed by atoms with Crippen LogP contribution in [-0.2, 0) is 9.53 Å². The molecule has 0 bridgehead atoms. The highest BCUT2D eigenvalue weighted by molar-refractivity contribution is 9.10. The Labute approximate surface area is 131 Å². The highest BCUT2D eigenvalue weighted by Crippen LogP contribution is 2.24. The van der Waals surface area contributed by atoms with Crippen molar-refractivity contribution in [2.75, 3.05) is 12.4 Å². The lowest BCUT2D eigenvalue weighted by atomic mass is 10.1. The first kappa shape index (κ1) is 15.5. The molecule has 0 radical (unpaired) electrons. The molecule has 0 saturated carbocycles. The maximum absolute atomic E-state index is 13.5. The van der Waals surface area contributed by atoms with Crippen LogP contribution in [0.5, 0.6) is 0 Å². The van der Waals surface area contributed by atoms with Crippen molar-refractivity contribution >= 4 is 27.6 Å². The highest BCUT2D eigenvalue weighted by atomic mass is 79.9. The summed E-state index contributed by atoms with van der Waals surface area (Å²) in [5.74, 6) is -0.781. The molecule has 1 unspecified atom stereocenters. The number of rotatable bonds is 4. The zero-order chi connectivity index (χ0) is 15.4. The number of benzene rings is 2. The lowest BCUT2D eigenvalue weighted by molar-refractivity contribution is -0.141. The van der Waals surface area contributed by atoms with Crippen LogP contribution in [0.1, 0.15) is 17.2 Å². The number of aryl methyl sites for hydroxylation is 1. The normalized spacial score (nSPS) is 11.8. The molecule has 0 amide bonds. The number of halogens is 2. The molecule has 2 aromatic rings. The minimum absolute atomic E-state index is 0.350. The molecule has 3 nitrogen and oxygen atoms in total. The second kappa shape index (κ2) is 6.72. The van der Waals surface area contributed by atoms with Crippen LogP contribution in [-0.4, -0.2) is 13.1 Å². The molecule has 5 heteroatoms. The van der Waals surface area contributed by atoms with Gasteiger partial charge in [0.05, 0.1) is 7.11 Å².